The van der Waals surface area contributed by atoms with Crippen molar-refractivity contribution in [1.82, 2.24) is 9.55 Å². The van der Waals surface area contributed by atoms with Gasteiger partial charge in [0.15, 0.2) is 0 Å². The maximum atomic E-state index is 13.4. The molecule has 3 nitrogen and oxygen atoms in total. The number of fused-ring (bicyclic) bond motifs is 1. The van der Waals surface area contributed by atoms with Crippen LogP contribution in [0.3, 0.4) is 0 Å². The van der Waals surface area contributed by atoms with Gasteiger partial charge in [-0.2, -0.15) is 0 Å². The SMILES string of the molecule is CCCn1c(C2CCC(CN)CC2)nc2cc(F)ccc21. The Kier molecular flexibility index (Phi) is 4.24. The van der Waals surface area contributed by atoms with Crippen molar-refractivity contribution < 1.29 is 4.39 Å². The van der Waals surface area contributed by atoms with Crippen LogP contribution >= 0.6 is 0 Å². The van der Waals surface area contributed by atoms with Gasteiger partial charge in [-0.25, -0.2) is 9.37 Å². The molecule has 4 heteroatoms. The number of rotatable bonds is 4. The zero-order valence-electron chi connectivity index (χ0n) is 12.7. The van der Waals surface area contributed by atoms with Crippen molar-refractivity contribution in [3.63, 3.8) is 0 Å². The summed E-state index contributed by atoms with van der Waals surface area (Å²) in [5, 5.41) is 0. The van der Waals surface area contributed by atoms with Gasteiger partial charge in [-0.05, 0) is 56.7 Å². The number of halogens is 1. The van der Waals surface area contributed by atoms with Gasteiger partial charge >= 0.3 is 0 Å². The van der Waals surface area contributed by atoms with E-state index >= 15 is 0 Å². The summed E-state index contributed by atoms with van der Waals surface area (Å²) in [6.45, 7) is 3.92. The predicted octanol–water partition coefficient (Wildman–Crippen LogP) is 3.82. The second-order valence-electron chi connectivity index (χ2n) is 6.21. The van der Waals surface area contributed by atoms with Gasteiger partial charge in [0.1, 0.15) is 11.6 Å². The smallest absolute Gasteiger partial charge is 0.125 e. The van der Waals surface area contributed by atoms with Crippen LogP contribution < -0.4 is 5.73 Å². The molecule has 0 radical (unpaired) electrons. The monoisotopic (exact) mass is 289 g/mol. The summed E-state index contributed by atoms with van der Waals surface area (Å²) >= 11 is 0. The molecule has 1 fully saturated rings. The lowest BCUT2D eigenvalue weighted by molar-refractivity contribution is 0.321. The molecule has 1 aromatic heterocycles. The molecule has 114 valence electrons. The fraction of sp³-hybridized carbons (Fsp3) is 0.588. The minimum atomic E-state index is -0.206. The van der Waals surface area contributed by atoms with Crippen molar-refractivity contribution in [3.05, 3.63) is 29.8 Å². The van der Waals surface area contributed by atoms with Gasteiger partial charge < -0.3 is 10.3 Å². The van der Waals surface area contributed by atoms with Crippen molar-refractivity contribution in [2.24, 2.45) is 11.7 Å². The van der Waals surface area contributed by atoms with Crippen molar-refractivity contribution in [2.75, 3.05) is 6.54 Å². The van der Waals surface area contributed by atoms with E-state index in [0.717, 1.165) is 49.2 Å². The standard InChI is InChI=1S/C17H24FN3/c1-2-9-21-16-8-7-14(18)10-15(16)20-17(21)13-5-3-12(11-19)4-6-13/h7-8,10,12-13H,2-6,9,11,19H2,1H3. The summed E-state index contributed by atoms with van der Waals surface area (Å²) in [6, 6.07) is 4.95. The Morgan fingerprint density at radius 3 is 2.71 bits per heavy atom. The molecule has 0 saturated heterocycles. The third kappa shape index (κ3) is 2.82. The zero-order chi connectivity index (χ0) is 14.8. The lowest BCUT2D eigenvalue weighted by Gasteiger charge is -2.27. The Morgan fingerprint density at radius 2 is 2.05 bits per heavy atom. The highest BCUT2D eigenvalue weighted by Crippen LogP contribution is 2.36. The maximum Gasteiger partial charge on any atom is 0.125 e. The van der Waals surface area contributed by atoms with Gasteiger partial charge in [-0.1, -0.05) is 6.92 Å². The third-order valence-corrected chi connectivity index (χ3v) is 4.73. The van der Waals surface area contributed by atoms with E-state index in [0.29, 0.717) is 11.8 Å². The van der Waals surface area contributed by atoms with E-state index in [1.807, 2.05) is 6.07 Å². The molecule has 1 heterocycles. The molecule has 2 aromatic rings. The molecule has 2 N–H and O–H groups in total. The van der Waals surface area contributed by atoms with Crippen molar-refractivity contribution >= 4 is 11.0 Å². The molecule has 0 bridgehead atoms. The van der Waals surface area contributed by atoms with Crippen LogP contribution in [0.25, 0.3) is 11.0 Å². The van der Waals surface area contributed by atoms with Crippen LogP contribution in [0.15, 0.2) is 18.2 Å². The van der Waals surface area contributed by atoms with E-state index in [1.54, 1.807) is 6.07 Å². The van der Waals surface area contributed by atoms with Crippen LogP contribution in [0.1, 0.15) is 50.8 Å². The Morgan fingerprint density at radius 1 is 1.29 bits per heavy atom. The molecule has 1 aliphatic rings. The fourth-order valence-corrected chi connectivity index (χ4v) is 3.55. The van der Waals surface area contributed by atoms with Crippen LogP contribution in [0.2, 0.25) is 0 Å². The van der Waals surface area contributed by atoms with Crippen LogP contribution in [0.4, 0.5) is 4.39 Å². The number of hydrogen-bond acceptors (Lipinski definition) is 2. The Labute approximate surface area is 125 Å². The maximum absolute atomic E-state index is 13.4. The Hall–Kier alpha value is -1.42. The largest absolute Gasteiger partial charge is 0.330 e. The van der Waals surface area contributed by atoms with Gasteiger partial charge in [-0.3, -0.25) is 0 Å². The highest BCUT2D eigenvalue weighted by molar-refractivity contribution is 5.76. The summed E-state index contributed by atoms with van der Waals surface area (Å²) in [5.41, 5.74) is 7.64. The molecule has 0 aliphatic heterocycles. The summed E-state index contributed by atoms with van der Waals surface area (Å²) in [6.07, 6.45) is 5.73. The molecule has 0 spiro atoms. The topological polar surface area (TPSA) is 43.8 Å². The summed E-state index contributed by atoms with van der Waals surface area (Å²) in [4.78, 5) is 4.76. The van der Waals surface area contributed by atoms with E-state index in [1.165, 1.54) is 18.9 Å². The number of imidazole rings is 1. The van der Waals surface area contributed by atoms with Crippen LogP contribution in [-0.4, -0.2) is 16.1 Å². The van der Waals surface area contributed by atoms with E-state index in [2.05, 4.69) is 11.5 Å². The van der Waals surface area contributed by atoms with E-state index in [4.69, 9.17) is 10.7 Å². The van der Waals surface area contributed by atoms with Gasteiger partial charge in [0.25, 0.3) is 0 Å². The Balaban J connectivity index is 1.95. The van der Waals surface area contributed by atoms with Gasteiger partial charge in [-0.15, -0.1) is 0 Å². The number of aromatic nitrogens is 2. The predicted molar refractivity (Wildman–Crippen MR) is 83.7 cm³/mol. The Bertz CT molecular complexity index is 612. The molecule has 21 heavy (non-hydrogen) atoms. The molecule has 0 unspecified atom stereocenters. The first kappa shape index (κ1) is 14.5. The first-order chi connectivity index (χ1) is 10.2. The first-order valence-corrected chi connectivity index (χ1v) is 8.08. The number of nitrogens with two attached hydrogens (primary N) is 1. The van der Waals surface area contributed by atoms with E-state index in [-0.39, 0.29) is 5.82 Å². The number of benzene rings is 1. The molecule has 1 aliphatic carbocycles. The lowest BCUT2D eigenvalue weighted by atomic mass is 9.81. The minimum absolute atomic E-state index is 0.206. The molecule has 3 rings (SSSR count). The number of hydrogen-bond donors (Lipinski definition) is 1. The highest BCUT2D eigenvalue weighted by atomic mass is 19.1. The first-order valence-electron chi connectivity index (χ1n) is 8.08. The minimum Gasteiger partial charge on any atom is -0.330 e. The summed E-state index contributed by atoms with van der Waals surface area (Å²) in [7, 11) is 0. The number of aryl methyl sites for hydroxylation is 1. The van der Waals surface area contributed by atoms with E-state index < -0.39 is 0 Å². The number of nitrogens with zero attached hydrogens (tertiary/aromatic N) is 2. The average molecular weight is 289 g/mol. The summed E-state index contributed by atoms with van der Waals surface area (Å²) in [5.74, 6) is 2.10. The van der Waals surface area contributed by atoms with Gasteiger partial charge in [0.05, 0.1) is 11.0 Å². The second-order valence-corrected chi connectivity index (χ2v) is 6.21. The third-order valence-electron chi connectivity index (χ3n) is 4.73. The normalized spacial score (nSPS) is 22.8. The average Bonchev–Trinajstić information content (AvgIpc) is 2.85. The van der Waals surface area contributed by atoms with Crippen LogP contribution in [-0.2, 0) is 6.54 Å². The van der Waals surface area contributed by atoms with Gasteiger partial charge in [0.2, 0.25) is 0 Å². The van der Waals surface area contributed by atoms with Crippen molar-refractivity contribution in [2.45, 2.75) is 51.5 Å². The van der Waals surface area contributed by atoms with Gasteiger partial charge in [0, 0.05) is 18.5 Å². The molecule has 0 amide bonds. The lowest BCUT2D eigenvalue weighted by Crippen LogP contribution is -2.22. The zero-order valence-corrected chi connectivity index (χ0v) is 12.7. The molecular formula is C17H24FN3. The van der Waals surface area contributed by atoms with E-state index in [9.17, 15) is 4.39 Å². The quantitative estimate of drug-likeness (QED) is 0.930. The van der Waals surface area contributed by atoms with Crippen molar-refractivity contribution in [1.29, 1.82) is 0 Å². The molecular weight excluding hydrogens is 265 g/mol. The molecule has 0 atom stereocenters. The molecule has 1 aromatic carbocycles. The van der Waals surface area contributed by atoms with Crippen LogP contribution in [0.5, 0.6) is 0 Å². The molecule has 1 saturated carbocycles. The van der Waals surface area contributed by atoms with Crippen LogP contribution in [0, 0.1) is 11.7 Å². The fourth-order valence-electron chi connectivity index (χ4n) is 3.55. The summed E-state index contributed by atoms with van der Waals surface area (Å²) < 4.78 is 15.7. The second kappa shape index (κ2) is 6.14. The highest BCUT2D eigenvalue weighted by Gasteiger charge is 2.26. The van der Waals surface area contributed by atoms with Crippen molar-refractivity contribution in [3.8, 4) is 0 Å².